The summed E-state index contributed by atoms with van der Waals surface area (Å²) in [5.74, 6) is -4.00. The lowest BCUT2D eigenvalue weighted by Gasteiger charge is -2.31. The standard InChI is InChI=1S/C29H25F3N2O6/c1-16-23(27(36)38-3)25(20-9-5-6-10-21(20)29(30,31)32)24(17(2)34-16)28(37)40-13-12-39-26(35)19-14-18-8-4-7-11-22(18)33-15-19/h4-11,14-15,25,34H,12-13H2,1-3H3. The largest absolute Gasteiger partial charge is 0.466 e. The number of ether oxygens (including phenoxy) is 3. The average Bonchev–Trinajstić information content (AvgIpc) is 2.93. The molecule has 0 amide bonds. The minimum absolute atomic E-state index is 0.160. The van der Waals surface area contributed by atoms with Crippen molar-refractivity contribution in [2.24, 2.45) is 0 Å². The van der Waals surface area contributed by atoms with Crippen molar-refractivity contribution >= 4 is 28.8 Å². The summed E-state index contributed by atoms with van der Waals surface area (Å²) >= 11 is 0. The summed E-state index contributed by atoms with van der Waals surface area (Å²) in [6, 6.07) is 13.5. The Labute approximate surface area is 227 Å². The van der Waals surface area contributed by atoms with E-state index in [4.69, 9.17) is 14.2 Å². The number of nitrogens with zero attached hydrogens (tertiary/aromatic N) is 1. The molecule has 1 unspecified atom stereocenters. The van der Waals surface area contributed by atoms with E-state index in [2.05, 4.69) is 10.3 Å². The number of alkyl halides is 3. The zero-order chi connectivity index (χ0) is 29.0. The summed E-state index contributed by atoms with van der Waals surface area (Å²) in [7, 11) is 1.10. The van der Waals surface area contributed by atoms with Gasteiger partial charge in [0.1, 0.15) is 13.2 Å². The van der Waals surface area contributed by atoms with Crippen LogP contribution < -0.4 is 5.32 Å². The van der Waals surface area contributed by atoms with Gasteiger partial charge in [0.25, 0.3) is 0 Å². The third-order valence-corrected chi connectivity index (χ3v) is 6.34. The molecule has 1 aliphatic heterocycles. The van der Waals surface area contributed by atoms with Gasteiger partial charge in [0, 0.05) is 23.0 Å². The fraction of sp³-hybridized carbons (Fsp3) is 0.241. The summed E-state index contributed by atoms with van der Waals surface area (Å²) in [5, 5.41) is 3.60. The predicted molar refractivity (Wildman–Crippen MR) is 138 cm³/mol. The van der Waals surface area contributed by atoms with E-state index in [0.717, 1.165) is 18.6 Å². The molecule has 4 rings (SSSR count). The van der Waals surface area contributed by atoms with Crippen LogP contribution in [0, 0.1) is 0 Å². The van der Waals surface area contributed by atoms with Crippen LogP contribution in [0.5, 0.6) is 0 Å². The van der Waals surface area contributed by atoms with Gasteiger partial charge in [-0.05, 0) is 37.6 Å². The van der Waals surface area contributed by atoms with Crippen molar-refractivity contribution in [2.45, 2.75) is 25.9 Å². The van der Waals surface area contributed by atoms with Crippen LogP contribution in [0.2, 0.25) is 0 Å². The van der Waals surface area contributed by atoms with Gasteiger partial charge in [-0.1, -0.05) is 36.4 Å². The first-order valence-corrected chi connectivity index (χ1v) is 12.1. The number of dihydropyridines is 1. The van der Waals surface area contributed by atoms with Gasteiger partial charge in [-0.3, -0.25) is 4.98 Å². The minimum atomic E-state index is -4.76. The summed E-state index contributed by atoms with van der Waals surface area (Å²) in [5.41, 5.74) is -0.330. The minimum Gasteiger partial charge on any atom is -0.466 e. The molecule has 11 heteroatoms. The number of hydrogen-bond donors (Lipinski definition) is 1. The molecule has 0 radical (unpaired) electrons. The Morgan fingerprint density at radius 1 is 0.875 bits per heavy atom. The molecule has 1 atom stereocenters. The Kier molecular flexibility index (Phi) is 8.22. The van der Waals surface area contributed by atoms with Crippen LogP contribution in [-0.4, -0.2) is 43.2 Å². The summed E-state index contributed by atoms with van der Waals surface area (Å²) in [6.07, 6.45) is -3.39. The molecule has 8 nitrogen and oxygen atoms in total. The molecule has 3 aromatic rings. The normalized spacial score (nSPS) is 15.5. The number of nitrogens with one attached hydrogen (secondary N) is 1. The number of halogens is 3. The van der Waals surface area contributed by atoms with Crippen molar-refractivity contribution in [1.82, 2.24) is 10.3 Å². The number of rotatable bonds is 7. The molecule has 2 aromatic carbocycles. The fourth-order valence-corrected chi connectivity index (χ4v) is 4.58. The van der Waals surface area contributed by atoms with E-state index in [1.165, 1.54) is 38.2 Å². The Bertz CT molecular complexity index is 1540. The van der Waals surface area contributed by atoms with Gasteiger partial charge in [-0.15, -0.1) is 0 Å². The maximum atomic E-state index is 14.0. The van der Waals surface area contributed by atoms with Gasteiger partial charge < -0.3 is 19.5 Å². The lowest BCUT2D eigenvalue weighted by molar-refractivity contribution is -0.142. The van der Waals surface area contributed by atoms with E-state index < -0.39 is 35.6 Å². The van der Waals surface area contributed by atoms with Crippen molar-refractivity contribution in [3.8, 4) is 0 Å². The molecule has 0 aliphatic carbocycles. The number of carbonyl (C=O) groups excluding carboxylic acids is 3. The highest BCUT2D eigenvalue weighted by Crippen LogP contribution is 2.44. The summed E-state index contributed by atoms with van der Waals surface area (Å²) in [6.45, 7) is 2.29. The Balaban J connectivity index is 1.54. The fourth-order valence-electron chi connectivity index (χ4n) is 4.58. The first-order chi connectivity index (χ1) is 19.0. The van der Waals surface area contributed by atoms with Crippen LogP contribution in [0.15, 0.2) is 83.3 Å². The molecular formula is C29H25F3N2O6. The lowest BCUT2D eigenvalue weighted by Crippen LogP contribution is -2.33. The second-order valence-electron chi connectivity index (χ2n) is 8.90. The molecule has 0 saturated carbocycles. The summed E-state index contributed by atoms with van der Waals surface area (Å²) in [4.78, 5) is 42.6. The highest BCUT2D eigenvalue weighted by molar-refractivity contribution is 6.00. The van der Waals surface area contributed by atoms with Gasteiger partial charge in [0.05, 0.1) is 40.8 Å². The van der Waals surface area contributed by atoms with Crippen LogP contribution in [0.3, 0.4) is 0 Å². The number of para-hydroxylation sites is 1. The number of methoxy groups -OCH3 is 1. The second-order valence-corrected chi connectivity index (χ2v) is 8.90. The highest BCUT2D eigenvalue weighted by Gasteiger charge is 2.43. The SMILES string of the molecule is COC(=O)C1=C(C)NC(C)=C(C(=O)OCCOC(=O)c2cnc3ccccc3c2)C1c1ccccc1C(F)(F)F. The van der Waals surface area contributed by atoms with E-state index in [1.807, 2.05) is 6.07 Å². The number of pyridine rings is 1. The highest BCUT2D eigenvalue weighted by atomic mass is 19.4. The molecule has 1 aliphatic rings. The Morgan fingerprint density at radius 2 is 1.48 bits per heavy atom. The zero-order valence-corrected chi connectivity index (χ0v) is 21.8. The topological polar surface area (TPSA) is 104 Å². The van der Waals surface area contributed by atoms with Crippen LogP contribution in [0.25, 0.3) is 10.9 Å². The first-order valence-electron chi connectivity index (χ1n) is 12.1. The van der Waals surface area contributed by atoms with E-state index >= 15 is 0 Å². The molecule has 208 valence electrons. The Morgan fingerprint density at radius 3 is 2.15 bits per heavy atom. The molecule has 2 heterocycles. The van der Waals surface area contributed by atoms with Gasteiger partial charge in [0.15, 0.2) is 0 Å². The summed E-state index contributed by atoms with van der Waals surface area (Å²) < 4.78 is 57.2. The number of aromatic nitrogens is 1. The lowest BCUT2D eigenvalue weighted by atomic mass is 9.78. The third-order valence-electron chi connectivity index (χ3n) is 6.34. The van der Waals surface area contributed by atoms with Crippen LogP contribution in [-0.2, 0) is 30.0 Å². The predicted octanol–water partition coefficient (Wildman–Crippen LogP) is 5.06. The number of carbonyl (C=O) groups is 3. The van der Waals surface area contributed by atoms with Crippen molar-refractivity contribution in [3.05, 3.63) is 100 Å². The molecule has 1 aromatic heterocycles. The zero-order valence-electron chi connectivity index (χ0n) is 21.8. The average molecular weight is 555 g/mol. The van der Waals surface area contributed by atoms with Crippen molar-refractivity contribution < 1.29 is 41.8 Å². The number of hydrogen-bond acceptors (Lipinski definition) is 8. The van der Waals surface area contributed by atoms with Crippen molar-refractivity contribution in [2.75, 3.05) is 20.3 Å². The number of benzene rings is 2. The molecule has 40 heavy (non-hydrogen) atoms. The van der Waals surface area contributed by atoms with Crippen LogP contribution >= 0.6 is 0 Å². The smallest absolute Gasteiger partial charge is 0.416 e. The molecule has 0 saturated heterocycles. The quantitative estimate of drug-likeness (QED) is 0.246. The first kappa shape index (κ1) is 28.3. The third kappa shape index (κ3) is 5.83. The van der Waals surface area contributed by atoms with Gasteiger partial charge in [-0.25, -0.2) is 14.4 Å². The van der Waals surface area contributed by atoms with E-state index in [-0.39, 0.29) is 46.9 Å². The van der Waals surface area contributed by atoms with Crippen molar-refractivity contribution in [3.63, 3.8) is 0 Å². The molecule has 1 N–H and O–H groups in total. The molecule has 0 fully saturated rings. The van der Waals surface area contributed by atoms with E-state index in [0.29, 0.717) is 5.52 Å². The van der Waals surface area contributed by atoms with Crippen molar-refractivity contribution in [1.29, 1.82) is 0 Å². The monoisotopic (exact) mass is 554 g/mol. The molecule has 0 bridgehead atoms. The number of fused-ring (bicyclic) bond motifs is 1. The van der Waals surface area contributed by atoms with E-state index in [1.54, 1.807) is 24.3 Å². The maximum Gasteiger partial charge on any atom is 0.416 e. The second kappa shape index (κ2) is 11.6. The van der Waals surface area contributed by atoms with E-state index in [9.17, 15) is 27.6 Å². The maximum absolute atomic E-state index is 14.0. The Hall–Kier alpha value is -4.67. The molecule has 0 spiro atoms. The number of allylic oxidation sites excluding steroid dienone is 2. The van der Waals surface area contributed by atoms with Gasteiger partial charge in [0.2, 0.25) is 0 Å². The molecular weight excluding hydrogens is 529 g/mol. The van der Waals surface area contributed by atoms with Crippen LogP contribution in [0.4, 0.5) is 13.2 Å². The van der Waals surface area contributed by atoms with Gasteiger partial charge >= 0.3 is 24.1 Å². The van der Waals surface area contributed by atoms with Gasteiger partial charge in [-0.2, -0.15) is 13.2 Å². The number of esters is 3. The van der Waals surface area contributed by atoms with Crippen LogP contribution in [0.1, 0.15) is 41.3 Å².